The average molecular weight is 274 g/mol. The highest BCUT2D eigenvalue weighted by Crippen LogP contribution is 2.24. The van der Waals surface area contributed by atoms with Crippen molar-refractivity contribution in [3.8, 4) is 0 Å². The van der Waals surface area contributed by atoms with E-state index in [0.29, 0.717) is 24.9 Å². The van der Waals surface area contributed by atoms with Crippen LogP contribution in [-0.4, -0.2) is 27.5 Å². The molecule has 1 aromatic carbocycles. The van der Waals surface area contributed by atoms with Crippen molar-refractivity contribution in [1.82, 2.24) is 9.78 Å². The molecule has 0 aliphatic heterocycles. The van der Waals surface area contributed by atoms with E-state index in [0.717, 1.165) is 5.56 Å². The minimum Gasteiger partial charge on any atom is -0.379 e. The summed E-state index contributed by atoms with van der Waals surface area (Å²) in [5.41, 5.74) is 1.65. The van der Waals surface area contributed by atoms with Crippen LogP contribution in [0, 0.1) is 10.1 Å². The second kappa shape index (κ2) is 5.96. The van der Waals surface area contributed by atoms with Gasteiger partial charge in [0.2, 0.25) is 0 Å². The van der Waals surface area contributed by atoms with E-state index in [1.165, 1.54) is 6.07 Å². The zero-order valence-electron chi connectivity index (χ0n) is 10.9. The van der Waals surface area contributed by atoms with Gasteiger partial charge < -0.3 is 5.32 Å². The van der Waals surface area contributed by atoms with Gasteiger partial charge in [0.15, 0.2) is 0 Å². The van der Waals surface area contributed by atoms with Crippen molar-refractivity contribution in [2.75, 3.05) is 11.9 Å². The summed E-state index contributed by atoms with van der Waals surface area (Å²) in [6.07, 6.45) is 4.95. The number of nitro benzene ring substituents is 1. The number of benzene rings is 1. The normalized spacial score (nSPS) is 10.2. The fourth-order valence-corrected chi connectivity index (χ4v) is 1.86. The Morgan fingerprint density at radius 3 is 2.90 bits per heavy atom. The van der Waals surface area contributed by atoms with Gasteiger partial charge in [-0.05, 0) is 24.1 Å². The fourth-order valence-electron chi connectivity index (χ4n) is 1.86. The van der Waals surface area contributed by atoms with Crippen LogP contribution in [0.2, 0.25) is 0 Å². The summed E-state index contributed by atoms with van der Waals surface area (Å²) in [6, 6.07) is 4.36. The molecule has 0 saturated heterocycles. The lowest BCUT2D eigenvalue weighted by molar-refractivity contribution is -0.384. The maximum Gasteiger partial charge on any atom is 0.293 e. The molecular weight excluding hydrogens is 260 g/mol. The van der Waals surface area contributed by atoms with Crippen LogP contribution in [0.15, 0.2) is 30.6 Å². The number of hydrogen-bond donors (Lipinski definition) is 1. The van der Waals surface area contributed by atoms with Gasteiger partial charge in [0.25, 0.3) is 5.69 Å². The number of aromatic nitrogens is 2. The van der Waals surface area contributed by atoms with Crippen molar-refractivity contribution in [2.45, 2.75) is 6.42 Å². The maximum absolute atomic E-state index is 11.0. The van der Waals surface area contributed by atoms with Crippen molar-refractivity contribution >= 4 is 17.7 Å². The van der Waals surface area contributed by atoms with Gasteiger partial charge in [-0.1, -0.05) is 0 Å². The van der Waals surface area contributed by atoms with Gasteiger partial charge in [0.1, 0.15) is 12.0 Å². The third-order valence-corrected chi connectivity index (χ3v) is 2.84. The Balaban J connectivity index is 2.05. The highest BCUT2D eigenvalue weighted by molar-refractivity contribution is 5.79. The second-order valence-electron chi connectivity index (χ2n) is 4.35. The van der Waals surface area contributed by atoms with Crippen molar-refractivity contribution in [3.05, 3.63) is 51.8 Å². The second-order valence-corrected chi connectivity index (χ2v) is 4.35. The Labute approximate surface area is 115 Å². The fraction of sp³-hybridized carbons (Fsp3) is 0.231. The molecule has 0 aliphatic rings. The minimum absolute atomic E-state index is 0.0965. The van der Waals surface area contributed by atoms with Gasteiger partial charge in [-0.2, -0.15) is 5.10 Å². The van der Waals surface area contributed by atoms with Crippen molar-refractivity contribution < 1.29 is 9.72 Å². The first-order chi connectivity index (χ1) is 9.60. The zero-order chi connectivity index (χ0) is 14.5. The molecule has 1 N–H and O–H groups in total. The molecule has 1 heterocycles. The number of hydrogen-bond acceptors (Lipinski definition) is 5. The van der Waals surface area contributed by atoms with Gasteiger partial charge >= 0.3 is 0 Å². The molecule has 0 atom stereocenters. The number of anilines is 1. The van der Waals surface area contributed by atoms with Gasteiger partial charge in [0.05, 0.1) is 11.1 Å². The first-order valence-electron chi connectivity index (χ1n) is 6.05. The summed E-state index contributed by atoms with van der Waals surface area (Å²) in [7, 11) is 1.83. The summed E-state index contributed by atoms with van der Waals surface area (Å²) < 4.78 is 1.71. The predicted octanol–water partition coefficient (Wildman–Crippen LogP) is 1.80. The largest absolute Gasteiger partial charge is 0.379 e. The summed E-state index contributed by atoms with van der Waals surface area (Å²) in [6.45, 7) is 0.549. The molecule has 0 fully saturated rings. The third-order valence-electron chi connectivity index (χ3n) is 2.84. The molecule has 7 heteroatoms. The Bertz CT molecular complexity index is 636. The minimum atomic E-state index is -0.501. The first kappa shape index (κ1) is 13.7. The number of carbonyl (C=O) groups is 1. The van der Waals surface area contributed by atoms with E-state index in [1.807, 2.05) is 13.2 Å². The molecule has 0 unspecified atom stereocenters. The molecule has 1 aromatic heterocycles. The van der Waals surface area contributed by atoms with E-state index in [2.05, 4.69) is 10.4 Å². The van der Waals surface area contributed by atoms with Gasteiger partial charge in [-0.25, -0.2) is 0 Å². The molecule has 2 rings (SSSR count). The highest BCUT2D eigenvalue weighted by atomic mass is 16.6. The Hall–Kier alpha value is -2.70. The molecule has 20 heavy (non-hydrogen) atoms. The molecule has 0 spiro atoms. The SMILES string of the molecule is Cn1cc(CCNc2ccc(C=O)cc2[N+](=O)[O-])cn1. The van der Waals surface area contributed by atoms with Crippen molar-refractivity contribution in [2.24, 2.45) is 7.05 Å². The van der Waals surface area contributed by atoms with E-state index >= 15 is 0 Å². The van der Waals surface area contributed by atoms with Gasteiger partial charge in [-0.3, -0.25) is 19.6 Å². The monoisotopic (exact) mass is 274 g/mol. The lowest BCUT2D eigenvalue weighted by Crippen LogP contribution is -2.07. The molecular formula is C13H14N4O3. The molecule has 2 aromatic rings. The quantitative estimate of drug-likeness (QED) is 0.492. The number of nitrogens with one attached hydrogen (secondary N) is 1. The standard InChI is InChI=1S/C13H14N4O3/c1-16-8-11(7-15-16)4-5-14-12-3-2-10(9-18)6-13(12)17(19)20/h2-3,6-9,14H,4-5H2,1H3. The third kappa shape index (κ3) is 3.19. The van der Waals surface area contributed by atoms with Crippen molar-refractivity contribution in [1.29, 1.82) is 0 Å². The molecule has 104 valence electrons. The summed E-state index contributed by atoms with van der Waals surface area (Å²) >= 11 is 0. The van der Waals surface area contributed by atoms with E-state index < -0.39 is 4.92 Å². The van der Waals surface area contributed by atoms with Crippen LogP contribution < -0.4 is 5.32 Å². The Morgan fingerprint density at radius 1 is 1.50 bits per heavy atom. The van der Waals surface area contributed by atoms with Crippen molar-refractivity contribution in [3.63, 3.8) is 0 Å². The van der Waals surface area contributed by atoms with Crippen LogP contribution >= 0.6 is 0 Å². The lowest BCUT2D eigenvalue weighted by atomic mass is 10.2. The molecule has 7 nitrogen and oxygen atoms in total. The average Bonchev–Trinajstić information content (AvgIpc) is 2.84. The number of carbonyl (C=O) groups excluding carboxylic acids is 1. The topological polar surface area (TPSA) is 90.1 Å². The number of nitrogens with zero attached hydrogens (tertiary/aromatic N) is 3. The van der Waals surface area contributed by atoms with E-state index in [9.17, 15) is 14.9 Å². The van der Waals surface area contributed by atoms with Crippen LogP contribution in [0.5, 0.6) is 0 Å². The highest BCUT2D eigenvalue weighted by Gasteiger charge is 2.14. The van der Waals surface area contributed by atoms with Gasteiger partial charge in [-0.15, -0.1) is 0 Å². The summed E-state index contributed by atoms with van der Waals surface area (Å²) in [5, 5.41) is 18.0. The molecule has 0 aliphatic carbocycles. The molecule has 0 bridgehead atoms. The van der Waals surface area contributed by atoms with Crippen LogP contribution in [0.3, 0.4) is 0 Å². The number of rotatable bonds is 6. The summed E-state index contributed by atoms with van der Waals surface area (Å²) in [4.78, 5) is 21.1. The molecule has 0 saturated carbocycles. The Kier molecular flexibility index (Phi) is 4.09. The van der Waals surface area contributed by atoms with E-state index in [1.54, 1.807) is 23.0 Å². The Morgan fingerprint density at radius 2 is 2.30 bits per heavy atom. The lowest BCUT2D eigenvalue weighted by Gasteiger charge is -2.06. The van der Waals surface area contributed by atoms with E-state index in [-0.39, 0.29) is 11.3 Å². The smallest absolute Gasteiger partial charge is 0.293 e. The van der Waals surface area contributed by atoms with Crippen LogP contribution in [0.1, 0.15) is 15.9 Å². The number of nitro groups is 1. The van der Waals surface area contributed by atoms with Crippen LogP contribution in [-0.2, 0) is 13.5 Å². The van der Waals surface area contributed by atoms with Crippen LogP contribution in [0.4, 0.5) is 11.4 Å². The maximum atomic E-state index is 11.0. The first-order valence-corrected chi connectivity index (χ1v) is 6.05. The molecule has 0 amide bonds. The number of aldehydes is 1. The predicted molar refractivity (Wildman–Crippen MR) is 73.9 cm³/mol. The van der Waals surface area contributed by atoms with Crippen LogP contribution in [0.25, 0.3) is 0 Å². The van der Waals surface area contributed by atoms with Gasteiger partial charge in [0, 0.05) is 31.4 Å². The molecule has 0 radical (unpaired) electrons. The van der Waals surface area contributed by atoms with E-state index in [4.69, 9.17) is 0 Å². The number of aryl methyl sites for hydroxylation is 1. The zero-order valence-corrected chi connectivity index (χ0v) is 10.9. The summed E-state index contributed by atoms with van der Waals surface area (Å²) in [5.74, 6) is 0.